The normalized spacial score (nSPS) is 12.4. The second kappa shape index (κ2) is 6.24. The van der Waals surface area contributed by atoms with Gasteiger partial charge in [0.2, 0.25) is 0 Å². The van der Waals surface area contributed by atoms with E-state index < -0.39 is 42.7 Å². The largest absolute Gasteiger partial charge is 0.480 e. The van der Waals surface area contributed by atoms with Gasteiger partial charge in [-0.15, -0.1) is 0 Å². The maximum atomic E-state index is 13.6. The van der Waals surface area contributed by atoms with Crippen molar-refractivity contribution in [2.24, 2.45) is 0 Å². The quantitative estimate of drug-likeness (QED) is 0.821. The van der Waals surface area contributed by atoms with Gasteiger partial charge >= 0.3 is 11.9 Å². The van der Waals surface area contributed by atoms with Crippen molar-refractivity contribution < 1.29 is 28.6 Å². The van der Waals surface area contributed by atoms with E-state index in [1.54, 1.807) is 0 Å². The minimum absolute atomic E-state index is 0.343. The lowest BCUT2D eigenvalue weighted by Gasteiger charge is -2.26. The highest BCUT2D eigenvalue weighted by atomic mass is 19.1. The van der Waals surface area contributed by atoms with Crippen LogP contribution in [0.3, 0.4) is 0 Å². The summed E-state index contributed by atoms with van der Waals surface area (Å²) < 4.78 is 27.1. The molecule has 2 N–H and O–H groups in total. The van der Waals surface area contributed by atoms with Gasteiger partial charge in [0.1, 0.15) is 11.6 Å². The molecule has 1 aromatic carbocycles. The first-order chi connectivity index (χ1) is 8.82. The molecule has 0 aliphatic rings. The maximum Gasteiger partial charge on any atom is 0.317 e. The van der Waals surface area contributed by atoms with Gasteiger partial charge in [-0.25, -0.2) is 8.78 Å². The smallest absolute Gasteiger partial charge is 0.317 e. The number of hydrogen-bond acceptors (Lipinski definition) is 3. The third-order valence-corrected chi connectivity index (χ3v) is 2.64. The Kier molecular flexibility index (Phi) is 4.94. The number of carboxylic acid groups (broad SMARTS) is 2. The highest BCUT2D eigenvalue weighted by Crippen LogP contribution is 2.25. The van der Waals surface area contributed by atoms with Crippen LogP contribution in [0.4, 0.5) is 8.78 Å². The Morgan fingerprint density at radius 3 is 1.95 bits per heavy atom. The average molecular weight is 273 g/mol. The molecule has 0 spiro atoms. The molecule has 0 aliphatic carbocycles. The molecule has 0 amide bonds. The van der Waals surface area contributed by atoms with Crippen molar-refractivity contribution in [3.05, 3.63) is 35.4 Å². The van der Waals surface area contributed by atoms with Crippen LogP contribution in [0.2, 0.25) is 0 Å². The average Bonchev–Trinajstić information content (AvgIpc) is 2.26. The van der Waals surface area contributed by atoms with Gasteiger partial charge in [-0.1, -0.05) is 6.07 Å². The monoisotopic (exact) mass is 273 g/mol. The second-order valence-electron chi connectivity index (χ2n) is 4.00. The summed E-state index contributed by atoms with van der Waals surface area (Å²) in [4.78, 5) is 22.3. The first kappa shape index (κ1) is 15.0. The molecular formula is C12H13F2NO4. The van der Waals surface area contributed by atoms with Crippen molar-refractivity contribution in [1.82, 2.24) is 4.90 Å². The molecule has 0 bridgehead atoms. The van der Waals surface area contributed by atoms with Gasteiger partial charge in [-0.05, 0) is 19.1 Å². The topological polar surface area (TPSA) is 77.8 Å². The van der Waals surface area contributed by atoms with E-state index >= 15 is 0 Å². The molecule has 5 nitrogen and oxygen atoms in total. The molecule has 0 aromatic heterocycles. The van der Waals surface area contributed by atoms with Crippen LogP contribution in [0.25, 0.3) is 0 Å². The van der Waals surface area contributed by atoms with E-state index in [0.717, 1.165) is 17.0 Å². The lowest BCUT2D eigenvalue weighted by Crippen LogP contribution is -2.37. The highest BCUT2D eigenvalue weighted by molar-refractivity contribution is 5.72. The van der Waals surface area contributed by atoms with Crippen molar-refractivity contribution in [2.45, 2.75) is 13.0 Å². The number of hydrogen-bond donors (Lipinski definition) is 2. The first-order valence-corrected chi connectivity index (χ1v) is 5.44. The first-order valence-electron chi connectivity index (χ1n) is 5.44. The van der Waals surface area contributed by atoms with Crippen LogP contribution in [-0.4, -0.2) is 40.1 Å². The number of aliphatic carboxylic acids is 2. The Bertz CT molecular complexity index is 456. The molecule has 0 radical (unpaired) electrons. The Hall–Kier alpha value is -2.02. The van der Waals surface area contributed by atoms with Crippen molar-refractivity contribution in [1.29, 1.82) is 0 Å². The fourth-order valence-corrected chi connectivity index (χ4v) is 1.77. The fraction of sp³-hybridized carbons (Fsp3) is 0.333. The van der Waals surface area contributed by atoms with Crippen LogP contribution >= 0.6 is 0 Å². The van der Waals surface area contributed by atoms with Gasteiger partial charge in [-0.3, -0.25) is 14.5 Å². The van der Waals surface area contributed by atoms with Crippen LogP contribution in [0.15, 0.2) is 18.2 Å². The SMILES string of the molecule is CC(c1c(F)cccc1F)N(CC(=O)O)CC(=O)O. The van der Waals surface area contributed by atoms with E-state index in [9.17, 15) is 18.4 Å². The molecule has 0 heterocycles. The van der Waals surface area contributed by atoms with E-state index in [1.807, 2.05) is 0 Å². The molecule has 0 saturated carbocycles. The summed E-state index contributed by atoms with van der Waals surface area (Å²) in [5.41, 5.74) is -0.343. The summed E-state index contributed by atoms with van der Waals surface area (Å²) in [5, 5.41) is 17.4. The lowest BCUT2D eigenvalue weighted by molar-refractivity contribution is -0.142. The molecular weight excluding hydrogens is 260 g/mol. The van der Waals surface area contributed by atoms with Crippen LogP contribution in [0.1, 0.15) is 18.5 Å². The lowest BCUT2D eigenvalue weighted by atomic mass is 10.1. The van der Waals surface area contributed by atoms with Crippen LogP contribution < -0.4 is 0 Å². The van der Waals surface area contributed by atoms with Crippen LogP contribution in [-0.2, 0) is 9.59 Å². The molecule has 1 unspecified atom stereocenters. The van der Waals surface area contributed by atoms with Gasteiger partial charge in [0.05, 0.1) is 13.1 Å². The third kappa shape index (κ3) is 3.99. The van der Waals surface area contributed by atoms with Crippen molar-refractivity contribution >= 4 is 11.9 Å². The Labute approximate surface area is 108 Å². The summed E-state index contributed by atoms with van der Waals surface area (Å²) in [5.74, 6) is -4.23. The summed E-state index contributed by atoms with van der Waals surface area (Å²) in [6.45, 7) is 0.107. The zero-order chi connectivity index (χ0) is 14.6. The van der Waals surface area contributed by atoms with E-state index in [0.29, 0.717) is 0 Å². The van der Waals surface area contributed by atoms with Crippen molar-refractivity contribution in [3.8, 4) is 0 Å². The molecule has 0 saturated heterocycles. The van der Waals surface area contributed by atoms with Gasteiger partial charge in [-0.2, -0.15) is 0 Å². The molecule has 104 valence electrons. The number of halogens is 2. The Balaban J connectivity index is 3.07. The predicted molar refractivity (Wildman–Crippen MR) is 61.6 cm³/mol. The van der Waals surface area contributed by atoms with Gasteiger partial charge in [0, 0.05) is 11.6 Å². The van der Waals surface area contributed by atoms with Crippen LogP contribution in [0, 0.1) is 11.6 Å². The highest BCUT2D eigenvalue weighted by Gasteiger charge is 2.25. The minimum Gasteiger partial charge on any atom is -0.480 e. The van der Waals surface area contributed by atoms with Gasteiger partial charge in [0.15, 0.2) is 0 Å². The summed E-state index contributed by atoms with van der Waals surface area (Å²) >= 11 is 0. The summed E-state index contributed by atoms with van der Waals surface area (Å²) in [6.07, 6.45) is 0. The van der Waals surface area contributed by atoms with E-state index in [-0.39, 0.29) is 5.56 Å². The van der Waals surface area contributed by atoms with E-state index in [4.69, 9.17) is 10.2 Å². The predicted octanol–water partition coefficient (Wildman–Crippen LogP) is 1.50. The van der Waals surface area contributed by atoms with E-state index in [2.05, 4.69) is 0 Å². The fourth-order valence-electron chi connectivity index (χ4n) is 1.77. The molecule has 0 aliphatic heterocycles. The van der Waals surface area contributed by atoms with Crippen molar-refractivity contribution in [2.75, 3.05) is 13.1 Å². The Morgan fingerprint density at radius 2 is 1.58 bits per heavy atom. The number of carbonyl (C=O) groups is 2. The second-order valence-corrected chi connectivity index (χ2v) is 4.00. The number of rotatable bonds is 6. The zero-order valence-electron chi connectivity index (χ0n) is 10.1. The summed E-state index contributed by atoms with van der Waals surface area (Å²) in [6, 6.07) is 2.25. The Morgan fingerprint density at radius 1 is 1.16 bits per heavy atom. The molecule has 7 heteroatoms. The van der Waals surface area contributed by atoms with Crippen molar-refractivity contribution in [3.63, 3.8) is 0 Å². The summed E-state index contributed by atoms with van der Waals surface area (Å²) in [7, 11) is 0. The standard InChI is InChI=1S/C12H13F2NO4/c1-7(12-8(13)3-2-4-9(12)14)15(5-10(16)17)6-11(18)19/h2-4,7H,5-6H2,1H3,(H,16,17)(H,18,19). The zero-order valence-corrected chi connectivity index (χ0v) is 10.1. The third-order valence-electron chi connectivity index (χ3n) is 2.64. The molecule has 0 fully saturated rings. The number of nitrogens with zero attached hydrogens (tertiary/aromatic N) is 1. The van der Waals surface area contributed by atoms with Gasteiger partial charge in [0.25, 0.3) is 0 Å². The number of carboxylic acids is 2. The maximum absolute atomic E-state index is 13.6. The van der Waals surface area contributed by atoms with Gasteiger partial charge < -0.3 is 10.2 Å². The molecule has 1 rings (SSSR count). The van der Waals surface area contributed by atoms with E-state index in [1.165, 1.54) is 13.0 Å². The molecule has 19 heavy (non-hydrogen) atoms. The minimum atomic E-state index is -1.27. The molecule has 1 atom stereocenters. The molecule has 1 aromatic rings. The number of benzene rings is 1. The van der Waals surface area contributed by atoms with Crippen LogP contribution in [0.5, 0.6) is 0 Å².